The maximum atomic E-state index is 12.0. The van der Waals surface area contributed by atoms with Gasteiger partial charge in [-0.05, 0) is 24.3 Å². The molecule has 46 heavy (non-hydrogen) atoms. The molecule has 0 atom stereocenters. The number of pyridine rings is 1. The summed E-state index contributed by atoms with van der Waals surface area (Å²) in [4.78, 5) is 38.2. The van der Waals surface area contributed by atoms with Gasteiger partial charge in [-0.2, -0.15) is 0 Å². The summed E-state index contributed by atoms with van der Waals surface area (Å²) in [5.41, 5.74) is 3.51. The minimum absolute atomic E-state index is 0. The van der Waals surface area contributed by atoms with Gasteiger partial charge in [0.25, 0.3) is 0 Å². The zero-order valence-corrected chi connectivity index (χ0v) is 26.2. The van der Waals surface area contributed by atoms with Gasteiger partial charge in [-0.3, -0.25) is 0 Å². The summed E-state index contributed by atoms with van der Waals surface area (Å²) in [7, 11) is 9.34. The van der Waals surface area contributed by atoms with Crippen molar-refractivity contribution in [2.45, 2.75) is 0 Å². The third-order valence-electron chi connectivity index (χ3n) is 6.09. The minimum atomic E-state index is -1.06. The number of carboxylic acids is 2. The summed E-state index contributed by atoms with van der Waals surface area (Å²) in [6.07, 6.45) is 0. The number of rotatable bonds is 8. The van der Waals surface area contributed by atoms with E-state index >= 15 is 0 Å². The number of aliphatic imine (C=N–C) groups is 2. The Morgan fingerprint density at radius 2 is 0.804 bits per heavy atom. The van der Waals surface area contributed by atoms with Gasteiger partial charge in [0.1, 0.15) is 0 Å². The Morgan fingerprint density at radius 3 is 1.13 bits per heavy atom. The molecular weight excluding hydrogens is 685 g/mol. The summed E-state index contributed by atoms with van der Waals surface area (Å²) in [5, 5.41) is 19.6. The molecule has 0 saturated carbocycles. The van der Waals surface area contributed by atoms with Crippen LogP contribution in [0.3, 0.4) is 0 Å². The molecule has 1 heterocycles. The van der Waals surface area contributed by atoms with E-state index in [1.165, 1.54) is 12.1 Å². The summed E-state index contributed by atoms with van der Waals surface area (Å²) in [6, 6.07) is 37.1. The predicted molar refractivity (Wildman–Crippen MR) is 177 cm³/mol. The monoisotopic (exact) mass is 712 g/mol. The number of benzene rings is 4. The first-order valence-electron chi connectivity index (χ1n) is 12.6. The van der Waals surface area contributed by atoms with E-state index in [2.05, 4.69) is 25.2 Å². The Morgan fingerprint density at radius 1 is 0.500 bits per heavy atom. The first-order valence-corrected chi connectivity index (χ1v) is 15.2. The van der Waals surface area contributed by atoms with E-state index in [0.29, 0.717) is 34.2 Å². The molecule has 5 aromatic rings. The number of halogens is 2. The Kier molecular flexibility index (Phi) is 16.8. The maximum absolute atomic E-state index is 12.0. The van der Waals surface area contributed by atoms with Gasteiger partial charge in [0.05, 0.1) is 22.6 Å². The van der Waals surface area contributed by atoms with E-state index in [0.717, 1.165) is 24.3 Å². The molecule has 0 amide bonds. The second kappa shape index (κ2) is 19.6. The zero-order valence-electron chi connectivity index (χ0n) is 23.7. The van der Waals surface area contributed by atoms with Gasteiger partial charge in [-0.15, -0.1) is 0 Å². The molecule has 0 aliphatic carbocycles. The molecule has 0 bridgehead atoms. The van der Waals surface area contributed by atoms with E-state index in [9.17, 15) is 19.8 Å². The Balaban J connectivity index is 0.00000170. The van der Waals surface area contributed by atoms with Crippen LogP contribution in [0.5, 0.6) is 0 Å². The molecule has 0 radical (unpaired) electrons. The van der Waals surface area contributed by atoms with Crippen molar-refractivity contribution in [3.8, 4) is 0 Å². The first kappa shape index (κ1) is 39.3. The number of nitrogens with zero attached hydrogens (tertiary/aromatic N) is 3. The summed E-state index contributed by atoms with van der Waals surface area (Å²) in [6.45, 7) is 0. The molecule has 0 spiro atoms. The molecule has 243 valence electrons. The van der Waals surface area contributed by atoms with E-state index in [1.807, 2.05) is 60.7 Å². The van der Waals surface area contributed by atoms with Crippen LogP contribution in [0.4, 0.5) is 11.6 Å². The fraction of sp³-hybridized carbons (Fsp3) is 0. The van der Waals surface area contributed by atoms with Crippen molar-refractivity contribution in [3.05, 3.63) is 161 Å². The summed E-state index contributed by atoms with van der Waals surface area (Å²) >= 11 is 0.757. The van der Waals surface area contributed by atoms with E-state index < -0.39 is 11.9 Å². The van der Waals surface area contributed by atoms with Gasteiger partial charge in [-0.1, -0.05) is 103 Å². The van der Waals surface area contributed by atoms with Gasteiger partial charge in [-0.25, -0.2) is 24.6 Å². The Bertz CT molecular complexity index is 1660. The van der Waals surface area contributed by atoms with Gasteiger partial charge < -0.3 is 26.6 Å². The average molecular weight is 714 g/mol. The molecule has 5 rings (SSSR count). The Labute approximate surface area is 279 Å². The van der Waals surface area contributed by atoms with E-state index in [4.69, 9.17) is 9.98 Å². The fourth-order valence-corrected chi connectivity index (χ4v) is 4.27. The van der Waals surface area contributed by atoms with Gasteiger partial charge in [0, 0.05) is 22.3 Å². The normalized spacial score (nSPS) is 10.7. The molecule has 0 unspecified atom stereocenters. The summed E-state index contributed by atoms with van der Waals surface area (Å²) < 4.78 is 0. The van der Waals surface area contributed by atoms with E-state index in [1.54, 1.807) is 54.6 Å². The second-order valence-electron chi connectivity index (χ2n) is 8.75. The number of aromatic nitrogens is 1. The van der Waals surface area contributed by atoms with Crippen LogP contribution in [0.25, 0.3) is 0 Å². The number of carbonyl (C=O) groups is 2. The van der Waals surface area contributed by atoms with Crippen LogP contribution in [0.2, 0.25) is 0 Å². The molecule has 8 N–H and O–H groups in total. The van der Waals surface area contributed by atoms with Gasteiger partial charge in [0.2, 0.25) is 0 Å². The van der Waals surface area contributed by atoms with Crippen molar-refractivity contribution in [2.75, 3.05) is 0 Å². The number of hydrogen-bond donors (Lipinski definition) is 2. The van der Waals surface area contributed by atoms with Crippen LogP contribution in [0, 0.1) is 0 Å². The SMILES string of the molecule is O.O.O.O=C(O)c1ccccc1C(=Nc1cccc(/N=C(\c2ccccc2)c2ccccc2C(=O)O)n1)c1ccccc1.[Cl][Cu][Cl]. The average Bonchev–Trinajstić information content (AvgIpc) is 3.04. The number of carboxylic acid groups (broad SMARTS) is 2. The molecule has 0 saturated heterocycles. The molecule has 4 aromatic carbocycles. The van der Waals surface area contributed by atoms with Crippen LogP contribution in [0.15, 0.2) is 137 Å². The van der Waals surface area contributed by atoms with Gasteiger partial charge in [0.15, 0.2) is 11.6 Å². The van der Waals surface area contributed by atoms with Gasteiger partial charge >= 0.3 is 45.3 Å². The number of aromatic carboxylic acids is 2. The van der Waals surface area contributed by atoms with E-state index in [-0.39, 0.29) is 27.6 Å². The first-order chi connectivity index (χ1) is 20.9. The predicted octanol–water partition coefficient (Wildman–Crippen LogP) is 5.72. The molecule has 0 fully saturated rings. The standard InChI is InChI=1S/C33H23N3O4.2ClH.Cu.3H2O/c37-32(38)26-18-9-7-16-24(26)30(22-12-3-1-4-13-22)35-28-20-11-21-29(34-28)36-31(23-14-5-2-6-15-23)25-17-8-10-19-27(25)33(39)40;;;;;;/h1-21H,(H,37,38)(H,39,40);2*1H;;3*1H2/q;;;+2;;;/p-2/b35-30+,36-31?;;;;;;. The summed E-state index contributed by atoms with van der Waals surface area (Å²) in [5.74, 6) is -1.48. The van der Waals surface area contributed by atoms with Crippen LogP contribution in [-0.4, -0.2) is 55.0 Å². The molecule has 0 aliphatic rings. The van der Waals surface area contributed by atoms with Crippen molar-refractivity contribution in [2.24, 2.45) is 9.98 Å². The van der Waals surface area contributed by atoms with Crippen LogP contribution in [-0.2, 0) is 13.1 Å². The topological polar surface area (TPSA) is 207 Å². The van der Waals surface area contributed by atoms with Crippen LogP contribution < -0.4 is 0 Å². The Hall–Kier alpha value is -4.71. The molecule has 10 nitrogen and oxygen atoms in total. The third kappa shape index (κ3) is 10.2. The number of hydrogen-bond acceptors (Lipinski definition) is 5. The van der Waals surface area contributed by atoms with Crippen molar-refractivity contribution in [3.63, 3.8) is 0 Å². The molecule has 0 aliphatic heterocycles. The van der Waals surface area contributed by atoms with Crippen molar-refractivity contribution >= 4 is 55.2 Å². The molecule has 1 aromatic heterocycles. The molecular formula is C33H29Cl2CuN3O7. The fourth-order valence-electron chi connectivity index (χ4n) is 4.27. The third-order valence-corrected chi connectivity index (χ3v) is 6.09. The van der Waals surface area contributed by atoms with Crippen molar-refractivity contribution < 1.29 is 49.4 Å². The van der Waals surface area contributed by atoms with Crippen molar-refractivity contribution in [1.29, 1.82) is 0 Å². The second-order valence-corrected chi connectivity index (χ2v) is 10.3. The quantitative estimate of drug-likeness (QED) is 0.152. The van der Waals surface area contributed by atoms with Crippen LogP contribution in [0.1, 0.15) is 43.0 Å². The van der Waals surface area contributed by atoms with Crippen molar-refractivity contribution in [1.82, 2.24) is 4.98 Å². The molecule has 13 heteroatoms. The van der Waals surface area contributed by atoms with Crippen LogP contribution >= 0.6 is 20.2 Å². The zero-order chi connectivity index (χ0) is 30.6.